The van der Waals surface area contributed by atoms with Crippen molar-refractivity contribution < 1.29 is 47.5 Å². The van der Waals surface area contributed by atoms with E-state index < -0.39 is 0 Å². The fourth-order valence-electron chi connectivity index (χ4n) is 4.95. The van der Waals surface area contributed by atoms with Crippen LogP contribution < -0.4 is 48.1 Å². The van der Waals surface area contributed by atoms with Crippen LogP contribution in [0.1, 0.15) is 116 Å². The van der Waals surface area contributed by atoms with Gasteiger partial charge in [-0.2, -0.15) is 0 Å². The Morgan fingerprint density at radius 3 is 1.90 bits per heavy atom. The second-order valence-corrected chi connectivity index (χ2v) is 11.1. The van der Waals surface area contributed by atoms with Crippen LogP contribution in [0.5, 0.6) is 17.2 Å². The Kier molecular flexibility index (Phi) is 23.0. The summed E-state index contributed by atoms with van der Waals surface area (Å²) in [5.74, 6) is 1.72. The average molecular weight is 697 g/mol. The van der Waals surface area contributed by atoms with Crippen molar-refractivity contribution in [1.82, 2.24) is 5.32 Å². The van der Waals surface area contributed by atoms with Crippen molar-refractivity contribution in [3.8, 4) is 17.2 Å². The first-order valence-electron chi connectivity index (χ1n) is 16.3. The molecule has 0 unspecified atom stereocenters. The Morgan fingerprint density at radius 2 is 1.33 bits per heavy atom. The molecular weight excluding hydrogens is 639 g/mol. The monoisotopic (exact) mass is 696 g/mol. The normalized spacial score (nSPS) is 10.6. The Bertz CT molecular complexity index is 939. The summed E-state index contributed by atoms with van der Waals surface area (Å²) < 4.78 is 19.3. The first-order chi connectivity index (χ1) is 20.2. The van der Waals surface area contributed by atoms with Gasteiger partial charge in [0.1, 0.15) is 12.3 Å². The lowest BCUT2D eigenvalue weighted by Crippen LogP contribution is -3.00. The number of aryl methyl sites for hydroxylation is 1. The number of hydrogen-bond donors (Lipinski definition) is 1. The number of nitrogens with one attached hydrogen (secondary N) is 1. The van der Waals surface area contributed by atoms with E-state index in [9.17, 15) is 4.79 Å². The highest BCUT2D eigenvalue weighted by Crippen LogP contribution is 2.31. The molecule has 0 radical (unpaired) electrons. The van der Waals surface area contributed by atoms with Crippen LogP contribution in [0.25, 0.3) is 0 Å². The molecule has 0 aliphatic carbocycles. The van der Waals surface area contributed by atoms with Crippen LogP contribution >= 0.6 is 0 Å². The van der Waals surface area contributed by atoms with E-state index in [1.165, 1.54) is 89.0 Å². The second kappa shape index (κ2) is 25.5. The molecule has 0 aliphatic heterocycles. The van der Waals surface area contributed by atoms with E-state index in [0.29, 0.717) is 24.7 Å². The highest BCUT2D eigenvalue weighted by Gasteiger charge is 2.10. The molecule has 1 aromatic carbocycles. The molecule has 0 saturated carbocycles. The van der Waals surface area contributed by atoms with Gasteiger partial charge in [0.2, 0.25) is 0 Å². The summed E-state index contributed by atoms with van der Waals surface area (Å²) in [6.45, 7) is 6.68. The molecule has 1 heterocycles. The topological polar surface area (TPSA) is 60.7 Å². The van der Waals surface area contributed by atoms with Crippen molar-refractivity contribution in [2.45, 2.75) is 123 Å². The lowest BCUT2D eigenvalue weighted by atomic mass is 10.0. The Labute approximate surface area is 273 Å². The SMILES string of the molecule is CCCCCCCCCCCCCCCCOc1ccc(OCC(=O)NCCc2cc[n+](CCC)cc2)c(OC)c1.[I-]. The zero-order valence-electron chi connectivity index (χ0n) is 26.6. The molecule has 6 nitrogen and oxygen atoms in total. The highest BCUT2D eigenvalue weighted by molar-refractivity contribution is 5.77. The maximum Gasteiger partial charge on any atom is 0.257 e. The zero-order valence-corrected chi connectivity index (χ0v) is 28.8. The number of hydrogen-bond acceptors (Lipinski definition) is 4. The predicted octanol–water partition coefficient (Wildman–Crippen LogP) is 4.99. The molecule has 0 fully saturated rings. The number of ether oxygens (including phenoxy) is 3. The molecule has 2 rings (SSSR count). The first-order valence-corrected chi connectivity index (χ1v) is 16.3. The lowest BCUT2D eigenvalue weighted by Gasteiger charge is -2.13. The Hall–Kier alpha value is -2.03. The lowest BCUT2D eigenvalue weighted by molar-refractivity contribution is -0.697. The second-order valence-electron chi connectivity index (χ2n) is 11.1. The number of amides is 1. The van der Waals surface area contributed by atoms with E-state index in [2.05, 4.69) is 48.3 Å². The fourth-order valence-corrected chi connectivity index (χ4v) is 4.95. The third-order valence-corrected chi connectivity index (χ3v) is 7.44. The fraction of sp³-hybridized carbons (Fsp3) is 0.657. The van der Waals surface area contributed by atoms with Crippen molar-refractivity contribution >= 4 is 5.91 Å². The molecular formula is C35H57IN2O4. The maximum atomic E-state index is 12.3. The number of aromatic nitrogens is 1. The molecule has 0 bridgehead atoms. The summed E-state index contributed by atoms with van der Waals surface area (Å²) in [6.07, 6.45) is 24.9. The number of carbonyl (C=O) groups is 1. The van der Waals surface area contributed by atoms with Gasteiger partial charge in [0.15, 0.2) is 30.5 Å². The van der Waals surface area contributed by atoms with Crippen LogP contribution in [0.15, 0.2) is 42.7 Å². The smallest absolute Gasteiger partial charge is 0.257 e. The predicted molar refractivity (Wildman–Crippen MR) is 168 cm³/mol. The van der Waals surface area contributed by atoms with E-state index in [4.69, 9.17) is 14.2 Å². The van der Waals surface area contributed by atoms with Crippen molar-refractivity contribution in [2.24, 2.45) is 0 Å². The van der Waals surface area contributed by atoms with Crippen LogP contribution in [0.3, 0.4) is 0 Å². The Balaban J connectivity index is 0.00000882. The van der Waals surface area contributed by atoms with Gasteiger partial charge in [-0.05, 0) is 30.5 Å². The van der Waals surface area contributed by atoms with Gasteiger partial charge in [0, 0.05) is 31.2 Å². The van der Waals surface area contributed by atoms with Gasteiger partial charge in [0.25, 0.3) is 5.91 Å². The largest absolute Gasteiger partial charge is 1.00 e. The van der Waals surface area contributed by atoms with Gasteiger partial charge in [-0.1, -0.05) is 97.3 Å². The molecule has 2 aromatic rings. The van der Waals surface area contributed by atoms with Gasteiger partial charge in [-0.25, -0.2) is 4.57 Å². The third kappa shape index (κ3) is 17.8. The Morgan fingerprint density at radius 1 is 0.738 bits per heavy atom. The van der Waals surface area contributed by atoms with Crippen LogP contribution in [-0.4, -0.2) is 32.8 Å². The van der Waals surface area contributed by atoms with E-state index in [0.717, 1.165) is 31.6 Å². The van der Waals surface area contributed by atoms with Gasteiger partial charge >= 0.3 is 0 Å². The number of rotatable bonds is 25. The zero-order chi connectivity index (χ0) is 29.4. The summed E-state index contributed by atoms with van der Waals surface area (Å²) >= 11 is 0. The van der Waals surface area contributed by atoms with E-state index in [1.807, 2.05) is 18.2 Å². The van der Waals surface area contributed by atoms with Gasteiger partial charge in [0.05, 0.1) is 13.7 Å². The number of methoxy groups -OCH3 is 1. The van der Waals surface area contributed by atoms with Crippen molar-refractivity contribution in [1.29, 1.82) is 0 Å². The maximum absolute atomic E-state index is 12.3. The van der Waals surface area contributed by atoms with Gasteiger partial charge in [-0.3, -0.25) is 4.79 Å². The quantitative estimate of drug-likeness (QED) is 0.0904. The summed E-state index contributed by atoms with van der Waals surface area (Å²) in [5, 5.41) is 2.93. The molecule has 1 aromatic heterocycles. The number of halogens is 1. The summed E-state index contributed by atoms with van der Waals surface area (Å²) in [5.41, 5.74) is 1.20. The van der Waals surface area contributed by atoms with Crippen LogP contribution in [0.4, 0.5) is 0 Å². The molecule has 0 spiro atoms. The minimum Gasteiger partial charge on any atom is -1.00 e. The molecule has 0 aliphatic rings. The standard InChI is InChI=1S/C35H56N2O4.HI/c1-4-6-7-8-9-10-11-12-13-14-15-16-17-18-28-40-32-19-20-33(34(29-32)39-3)41-30-35(38)36-24-21-31-22-26-37(25-5-2)27-23-31;/h19-20,22-23,26-27,29H,4-18,21,24-25,28,30H2,1-3H3;1H. The summed E-state index contributed by atoms with van der Waals surface area (Å²) in [6, 6.07) is 9.72. The van der Waals surface area contributed by atoms with Crippen LogP contribution in [-0.2, 0) is 17.8 Å². The van der Waals surface area contributed by atoms with Gasteiger partial charge in [-0.15, -0.1) is 0 Å². The molecule has 0 saturated heterocycles. The molecule has 7 heteroatoms. The number of benzene rings is 1. The van der Waals surface area contributed by atoms with Crippen molar-refractivity contribution in [3.63, 3.8) is 0 Å². The number of nitrogens with zero attached hydrogens (tertiary/aromatic N) is 1. The number of pyridine rings is 1. The minimum absolute atomic E-state index is 0. The first kappa shape index (κ1) is 38.0. The van der Waals surface area contributed by atoms with Crippen LogP contribution in [0.2, 0.25) is 0 Å². The highest BCUT2D eigenvalue weighted by atomic mass is 127. The molecule has 238 valence electrons. The van der Waals surface area contributed by atoms with Crippen LogP contribution in [0, 0.1) is 0 Å². The average Bonchev–Trinajstić information content (AvgIpc) is 2.99. The number of carbonyl (C=O) groups excluding carboxylic acids is 1. The molecule has 42 heavy (non-hydrogen) atoms. The third-order valence-electron chi connectivity index (χ3n) is 7.44. The van der Waals surface area contributed by atoms with Gasteiger partial charge < -0.3 is 43.5 Å². The molecule has 0 atom stereocenters. The molecule has 1 N–H and O–H groups in total. The minimum atomic E-state index is -0.151. The summed E-state index contributed by atoms with van der Waals surface area (Å²) in [4.78, 5) is 12.3. The number of unbranched alkanes of at least 4 members (excludes halogenated alkanes) is 13. The van der Waals surface area contributed by atoms with E-state index >= 15 is 0 Å². The van der Waals surface area contributed by atoms with Crippen molar-refractivity contribution in [2.75, 3.05) is 26.9 Å². The van der Waals surface area contributed by atoms with Crippen molar-refractivity contribution in [3.05, 3.63) is 48.3 Å². The summed E-state index contributed by atoms with van der Waals surface area (Å²) in [7, 11) is 1.60. The van der Waals surface area contributed by atoms with E-state index in [-0.39, 0.29) is 36.5 Å². The van der Waals surface area contributed by atoms with E-state index in [1.54, 1.807) is 7.11 Å². The molecule has 1 amide bonds.